The smallest absolute Gasteiger partial charge is 0.251 e. The molecule has 150 valence electrons. The van der Waals surface area contributed by atoms with Gasteiger partial charge in [-0.25, -0.2) is 9.97 Å². The number of benzene rings is 1. The van der Waals surface area contributed by atoms with Crippen LogP contribution in [0.25, 0.3) is 22.2 Å². The number of aromatic nitrogens is 3. The number of pyridine rings is 1. The maximum Gasteiger partial charge on any atom is 0.251 e. The van der Waals surface area contributed by atoms with Crippen molar-refractivity contribution in [3.63, 3.8) is 0 Å². The Kier molecular flexibility index (Phi) is 4.85. The lowest BCUT2D eigenvalue weighted by atomic mass is 10.0. The van der Waals surface area contributed by atoms with E-state index in [0.717, 1.165) is 54.1 Å². The van der Waals surface area contributed by atoms with Crippen molar-refractivity contribution in [2.24, 2.45) is 0 Å². The van der Waals surface area contributed by atoms with Crippen molar-refractivity contribution in [3.05, 3.63) is 72.9 Å². The van der Waals surface area contributed by atoms with Gasteiger partial charge in [0.1, 0.15) is 5.58 Å². The van der Waals surface area contributed by atoms with Crippen LogP contribution >= 0.6 is 0 Å². The van der Waals surface area contributed by atoms with E-state index in [4.69, 9.17) is 4.42 Å². The van der Waals surface area contributed by atoms with Crippen LogP contribution < -0.4 is 10.2 Å². The van der Waals surface area contributed by atoms with E-state index in [1.165, 1.54) is 0 Å². The number of fused-ring (bicyclic) bond motifs is 1. The molecule has 5 rings (SSSR count). The summed E-state index contributed by atoms with van der Waals surface area (Å²) in [7, 11) is 0. The molecule has 0 radical (unpaired) electrons. The number of hydrogen-bond acceptors (Lipinski definition) is 6. The first kappa shape index (κ1) is 18.3. The maximum atomic E-state index is 12.7. The summed E-state index contributed by atoms with van der Waals surface area (Å²) >= 11 is 0. The lowest BCUT2D eigenvalue weighted by molar-refractivity contribution is 0.0931. The molecule has 1 amide bonds. The van der Waals surface area contributed by atoms with Crippen molar-refractivity contribution in [1.82, 2.24) is 20.3 Å². The molecule has 1 aliphatic heterocycles. The predicted molar refractivity (Wildman–Crippen MR) is 114 cm³/mol. The van der Waals surface area contributed by atoms with Crippen molar-refractivity contribution in [2.75, 3.05) is 18.0 Å². The van der Waals surface area contributed by atoms with Gasteiger partial charge in [-0.05, 0) is 43.2 Å². The molecule has 4 heterocycles. The van der Waals surface area contributed by atoms with Crippen molar-refractivity contribution in [2.45, 2.75) is 18.9 Å². The summed E-state index contributed by atoms with van der Waals surface area (Å²) in [4.78, 5) is 27.9. The zero-order chi connectivity index (χ0) is 20.3. The lowest BCUT2D eigenvalue weighted by Gasteiger charge is -2.32. The summed E-state index contributed by atoms with van der Waals surface area (Å²) in [6.07, 6.45) is 8.63. The number of carbonyl (C=O) groups is 1. The Labute approximate surface area is 173 Å². The van der Waals surface area contributed by atoms with Crippen LogP contribution in [-0.2, 0) is 0 Å². The fraction of sp³-hybridized carbons (Fsp3) is 0.217. The average Bonchev–Trinajstić information content (AvgIpc) is 3.29. The zero-order valence-corrected chi connectivity index (χ0v) is 16.4. The van der Waals surface area contributed by atoms with Crippen molar-refractivity contribution in [1.29, 1.82) is 0 Å². The maximum absolute atomic E-state index is 12.7. The van der Waals surface area contributed by atoms with E-state index in [2.05, 4.69) is 25.2 Å². The van der Waals surface area contributed by atoms with E-state index in [1.807, 2.05) is 42.5 Å². The van der Waals surface area contributed by atoms with E-state index in [9.17, 15) is 4.79 Å². The van der Waals surface area contributed by atoms with Crippen LogP contribution in [0, 0.1) is 0 Å². The minimum Gasteiger partial charge on any atom is -0.464 e. The van der Waals surface area contributed by atoms with Gasteiger partial charge in [-0.1, -0.05) is 12.1 Å². The first-order valence-electron chi connectivity index (χ1n) is 10.0. The highest BCUT2D eigenvalue weighted by molar-refractivity contribution is 5.96. The summed E-state index contributed by atoms with van der Waals surface area (Å²) in [5, 5.41) is 4.12. The van der Waals surface area contributed by atoms with Gasteiger partial charge in [-0.2, -0.15) is 0 Å². The number of rotatable bonds is 4. The Morgan fingerprint density at radius 2 is 1.73 bits per heavy atom. The van der Waals surface area contributed by atoms with Gasteiger partial charge in [-0.15, -0.1) is 0 Å². The van der Waals surface area contributed by atoms with E-state index >= 15 is 0 Å². The van der Waals surface area contributed by atoms with Crippen LogP contribution in [0.3, 0.4) is 0 Å². The van der Waals surface area contributed by atoms with Crippen LogP contribution in [0.5, 0.6) is 0 Å². The van der Waals surface area contributed by atoms with Gasteiger partial charge >= 0.3 is 0 Å². The molecule has 7 nitrogen and oxygen atoms in total. The minimum atomic E-state index is -0.0505. The largest absolute Gasteiger partial charge is 0.464 e. The molecule has 0 bridgehead atoms. The van der Waals surface area contributed by atoms with E-state index in [0.29, 0.717) is 5.56 Å². The minimum absolute atomic E-state index is 0.0505. The quantitative estimate of drug-likeness (QED) is 0.564. The van der Waals surface area contributed by atoms with Gasteiger partial charge in [0.2, 0.25) is 5.95 Å². The Bertz CT molecular complexity index is 1150. The third kappa shape index (κ3) is 3.61. The van der Waals surface area contributed by atoms with Gasteiger partial charge in [-0.3, -0.25) is 9.78 Å². The number of amides is 1. The molecule has 1 aliphatic rings. The van der Waals surface area contributed by atoms with Crippen molar-refractivity contribution >= 4 is 22.8 Å². The molecule has 1 fully saturated rings. The Morgan fingerprint density at radius 1 is 0.967 bits per heavy atom. The molecule has 1 saturated heterocycles. The molecule has 0 saturated carbocycles. The topological polar surface area (TPSA) is 84.2 Å². The number of carbonyl (C=O) groups excluding carboxylic acids is 1. The second-order valence-corrected chi connectivity index (χ2v) is 7.35. The molecule has 0 spiro atoms. The molecule has 4 aromatic rings. The zero-order valence-electron chi connectivity index (χ0n) is 16.4. The fourth-order valence-corrected chi connectivity index (χ4v) is 3.85. The Morgan fingerprint density at radius 3 is 2.50 bits per heavy atom. The predicted octanol–water partition coefficient (Wildman–Crippen LogP) is 3.68. The summed E-state index contributed by atoms with van der Waals surface area (Å²) in [6, 6.07) is 13.3. The van der Waals surface area contributed by atoms with Crippen LogP contribution in [0.1, 0.15) is 23.2 Å². The van der Waals surface area contributed by atoms with Gasteiger partial charge < -0.3 is 14.6 Å². The van der Waals surface area contributed by atoms with Crippen LogP contribution in [0.4, 0.5) is 5.95 Å². The molecule has 0 atom stereocenters. The molecule has 1 aromatic carbocycles. The monoisotopic (exact) mass is 399 g/mol. The molecule has 7 heteroatoms. The van der Waals surface area contributed by atoms with Crippen LogP contribution in [0.2, 0.25) is 0 Å². The molecule has 3 aromatic heterocycles. The number of piperidine rings is 1. The third-order valence-corrected chi connectivity index (χ3v) is 5.47. The van der Waals surface area contributed by atoms with Gasteiger partial charge in [0.25, 0.3) is 5.91 Å². The van der Waals surface area contributed by atoms with Gasteiger partial charge in [0.15, 0.2) is 0 Å². The van der Waals surface area contributed by atoms with Crippen LogP contribution in [0.15, 0.2) is 71.7 Å². The number of furan rings is 1. The molecule has 1 N–H and O–H groups in total. The summed E-state index contributed by atoms with van der Waals surface area (Å²) in [5.41, 5.74) is 3.25. The lowest BCUT2D eigenvalue weighted by Crippen LogP contribution is -2.45. The standard InChI is InChI=1S/C23H21N5O2/c29-22(27-18-7-13-28(14-8-18)23-25-10-1-11-26-23)17-4-2-16(3-5-17)21-19-9-15-30-20(19)6-12-24-21/h1-6,9-12,15,18H,7-8,13-14H2,(H,27,29). The summed E-state index contributed by atoms with van der Waals surface area (Å²) in [6.45, 7) is 1.66. The van der Waals surface area contributed by atoms with Gasteiger partial charge in [0, 0.05) is 54.2 Å². The first-order valence-corrected chi connectivity index (χ1v) is 10.0. The van der Waals surface area contributed by atoms with Gasteiger partial charge in [0.05, 0.1) is 12.0 Å². The SMILES string of the molecule is O=C(NC1CCN(c2ncccn2)CC1)c1ccc(-c2nccc3occc23)cc1. The highest BCUT2D eigenvalue weighted by Crippen LogP contribution is 2.27. The fourth-order valence-electron chi connectivity index (χ4n) is 3.85. The van der Waals surface area contributed by atoms with E-state index in [1.54, 1.807) is 24.9 Å². The first-order chi connectivity index (χ1) is 14.8. The number of nitrogens with zero attached hydrogens (tertiary/aromatic N) is 4. The Hall–Kier alpha value is -3.74. The number of nitrogens with one attached hydrogen (secondary N) is 1. The third-order valence-electron chi connectivity index (χ3n) is 5.47. The molecular formula is C23H21N5O2. The van der Waals surface area contributed by atoms with E-state index in [-0.39, 0.29) is 11.9 Å². The van der Waals surface area contributed by atoms with E-state index < -0.39 is 0 Å². The normalized spacial score (nSPS) is 14.7. The molecule has 0 unspecified atom stereocenters. The van der Waals surface area contributed by atoms with Crippen LogP contribution in [-0.4, -0.2) is 40.0 Å². The molecule has 0 aliphatic carbocycles. The second-order valence-electron chi connectivity index (χ2n) is 7.35. The highest BCUT2D eigenvalue weighted by atomic mass is 16.3. The molecular weight excluding hydrogens is 378 g/mol. The highest BCUT2D eigenvalue weighted by Gasteiger charge is 2.22. The summed E-state index contributed by atoms with van der Waals surface area (Å²) in [5.74, 6) is 0.699. The number of hydrogen-bond donors (Lipinski definition) is 1. The second kappa shape index (κ2) is 7.94. The average molecular weight is 399 g/mol. The molecule has 30 heavy (non-hydrogen) atoms. The van der Waals surface area contributed by atoms with Crippen molar-refractivity contribution in [3.8, 4) is 11.3 Å². The number of anilines is 1. The summed E-state index contributed by atoms with van der Waals surface area (Å²) < 4.78 is 5.45. The van der Waals surface area contributed by atoms with Crippen molar-refractivity contribution < 1.29 is 9.21 Å². The Balaban J connectivity index is 1.23.